The molecular weight excluding hydrogens is 196 g/mol. The van der Waals surface area contributed by atoms with Crippen molar-refractivity contribution in [3.63, 3.8) is 0 Å². The molecule has 74 valence electrons. The number of rotatable bonds is 3. The molecule has 3 nitrogen and oxygen atoms in total. The van der Waals surface area contributed by atoms with Gasteiger partial charge in [0.1, 0.15) is 6.61 Å². The first-order valence-corrected chi connectivity index (χ1v) is 5.03. The molecule has 14 heavy (non-hydrogen) atoms. The van der Waals surface area contributed by atoms with Gasteiger partial charge in [-0.3, -0.25) is 0 Å². The maximum Gasteiger partial charge on any atom is 0.294 e. The van der Waals surface area contributed by atoms with Crippen LogP contribution in [0.3, 0.4) is 0 Å². The lowest BCUT2D eigenvalue weighted by Crippen LogP contribution is -2.08. The lowest BCUT2D eigenvalue weighted by atomic mass is 10.3. The highest BCUT2D eigenvalue weighted by Crippen LogP contribution is 2.15. The number of nitrogens with zero attached hydrogens (tertiary/aromatic N) is 1. The number of nitrogens with one attached hydrogen (secondary N) is 1. The normalized spacial score (nSPS) is 13.0. The molecule has 2 aromatic rings. The van der Waals surface area contributed by atoms with Crippen molar-refractivity contribution < 1.29 is 4.74 Å². The molecule has 0 aliphatic carbocycles. The summed E-state index contributed by atoms with van der Waals surface area (Å²) in [6.45, 7) is 2.54. The van der Waals surface area contributed by atoms with Crippen molar-refractivity contribution in [2.24, 2.45) is 0 Å². The minimum absolute atomic E-state index is 0.211. The van der Waals surface area contributed by atoms with Gasteiger partial charge < -0.3 is 9.72 Å². The fraction of sp³-hybridized carbons (Fsp3) is 0.300. The molecule has 0 spiro atoms. The first kappa shape index (κ1) is 9.40. The van der Waals surface area contributed by atoms with Gasteiger partial charge in [0.05, 0.1) is 11.0 Å². The van der Waals surface area contributed by atoms with E-state index in [1.807, 2.05) is 31.2 Å². The SMILES string of the molecule is CC(S)COc1nc2ccccc2[nH]1. The third-order valence-corrected chi connectivity index (χ3v) is 1.98. The van der Waals surface area contributed by atoms with Gasteiger partial charge in [0, 0.05) is 5.25 Å². The summed E-state index contributed by atoms with van der Waals surface area (Å²) in [5.41, 5.74) is 1.92. The summed E-state index contributed by atoms with van der Waals surface area (Å²) in [5.74, 6) is 0. The fourth-order valence-corrected chi connectivity index (χ4v) is 1.27. The van der Waals surface area contributed by atoms with E-state index in [1.54, 1.807) is 0 Å². The average Bonchev–Trinajstić information content (AvgIpc) is 2.57. The summed E-state index contributed by atoms with van der Waals surface area (Å²) in [7, 11) is 0. The van der Waals surface area contributed by atoms with Gasteiger partial charge in [0.25, 0.3) is 6.01 Å². The highest BCUT2D eigenvalue weighted by atomic mass is 32.1. The smallest absolute Gasteiger partial charge is 0.294 e. The summed E-state index contributed by atoms with van der Waals surface area (Å²) in [6.07, 6.45) is 0. The Bertz CT molecular complexity index is 392. The Morgan fingerprint density at radius 2 is 2.29 bits per heavy atom. The van der Waals surface area contributed by atoms with Gasteiger partial charge in [-0.05, 0) is 12.1 Å². The topological polar surface area (TPSA) is 37.9 Å². The van der Waals surface area contributed by atoms with Gasteiger partial charge >= 0.3 is 0 Å². The largest absolute Gasteiger partial charge is 0.464 e. The zero-order valence-electron chi connectivity index (χ0n) is 7.90. The Morgan fingerprint density at radius 1 is 1.50 bits per heavy atom. The van der Waals surface area contributed by atoms with Crippen LogP contribution in [0.1, 0.15) is 6.92 Å². The molecule has 0 radical (unpaired) electrons. The van der Waals surface area contributed by atoms with Crippen molar-refractivity contribution in [1.82, 2.24) is 9.97 Å². The molecule has 1 aromatic carbocycles. The van der Waals surface area contributed by atoms with E-state index in [9.17, 15) is 0 Å². The molecule has 0 saturated carbocycles. The second-order valence-corrected chi connectivity index (χ2v) is 4.10. The van der Waals surface area contributed by atoms with Gasteiger partial charge in [-0.1, -0.05) is 19.1 Å². The lowest BCUT2D eigenvalue weighted by Gasteiger charge is -2.03. The number of hydrogen-bond donors (Lipinski definition) is 2. The number of thiol groups is 1. The van der Waals surface area contributed by atoms with E-state index in [1.165, 1.54) is 0 Å². The summed E-state index contributed by atoms with van der Waals surface area (Å²) >= 11 is 4.22. The van der Waals surface area contributed by atoms with Crippen molar-refractivity contribution in [2.75, 3.05) is 6.61 Å². The Balaban J connectivity index is 2.19. The van der Waals surface area contributed by atoms with Crippen molar-refractivity contribution in [3.8, 4) is 6.01 Å². The second kappa shape index (κ2) is 3.92. The third kappa shape index (κ3) is 2.01. The van der Waals surface area contributed by atoms with Crippen molar-refractivity contribution in [2.45, 2.75) is 12.2 Å². The maximum atomic E-state index is 5.41. The molecule has 4 heteroatoms. The lowest BCUT2D eigenvalue weighted by molar-refractivity contribution is 0.301. The van der Waals surface area contributed by atoms with Crippen LogP contribution in [-0.4, -0.2) is 21.8 Å². The molecule has 0 amide bonds. The molecule has 1 atom stereocenters. The quantitative estimate of drug-likeness (QED) is 0.759. The van der Waals surface area contributed by atoms with E-state index in [2.05, 4.69) is 22.6 Å². The van der Waals surface area contributed by atoms with Crippen LogP contribution < -0.4 is 4.74 Å². The number of aromatic nitrogens is 2. The van der Waals surface area contributed by atoms with Crippen LogP contribution in [0, 0.1) is 0 Å². The van der Waals surface area contributed by atoms with Crippen LogP contribution in [0.15, 0.2) is 24.3 Å². The minimum Gasteiger partial charge on any atom is -0.464 e. The Kier molecular flexibility index (Phi) is 2.63. The highest BCUT2D eigenvalue weighted by Gasteiger charge is 2.03. The van der Waals surface area contributed by atoms with E-state index < -0.39 is 0 Å². The predicted octanol–water partition coefficient (Wildman–Crippen LogP) is 2.26. The predicted molar refractivity (Wildman–Crippen MR) is 60.0 cm³/mol. The number of ether oxygens (including phenoxy) is 1. The van der Waals surface area contributed by atoms with E-state index in [4.69, 9.17) is 4.74 Å². The maximum absolute atomic E-state index is 5.41. The zero-order valence-corrected chi connectivity index (χ0v) is 8.79. The molecule has 1 N–H and O–H groups in total. The van der Waals surface area contributed by atoms with Crippen LogP contribution in [0.4, 0.5) is 0 Å². The van der Waals surface area contributed by atoms with Crippen LogP contribution in [0.2, 0.25) is 0 Å². The highest BCUT2D eigenvalue weighted by molar-refractivity contribution is 7.80. The Hall–Kier alpha value is -1.16. The Morgan fingerprint density at radius 3 is 3.00 bits per heavy atom. The second-order valence-electron chi connectivity index (χ2n) is 3.22. The summed E-state index contributed by atoms with van der Waals surface area (Å²) in [5, 5.41) is 0.211. The van der Waals surface area contributed by atoms with E-state index in [-0.39, 0.29) is 5.25 Å². The third-order valence-electron chi connectivity index (χ3n) is 1.83. The molecule has 1 heterocycles. The van der Waals surface area contributed by atoms with Crippen molar-refractivity contribution >= 4 is 23.7 Å². The van der Waals surface area contributed by atoms with Crippen molar-refractivity contribution in [1.29, 1.82) is 0 Å². The van der Waals surface area contributed by atoms with Gasteiger partial charge in [-0.25, -0.2) is 0 Å². The van der Waals surface area contributed by atoms with E-state index in [0.717, 1.165) is 11.0 Å². The standard InChI is InChI=1S/C10H12N2OS/c1-7(14)6-13-10-11-8-4-2-3-5-9(8)12-10/h2-5,7,14H,6H2,1H3,(H,11,12). The van der Waals surface area contributed by atoms with Crippen molar-refractivity contribution in [3.05, 3.63) is 24.3 Å². The van der Waals surface area contributed by atoms with Crippen LogP contribution in [0.5, 0.6) is 6.01 Å². The molecule has 0 saturated heterocycles. The number of fused-ring (bicyclic) bond motifs is 1. The van der Waals surface area contributed by atoms with Gasteiger partial charge in [-0.2, -0.15) is 17.6 Å². The minimum atomic E-state index is 0.211. The summed E-state index contributed by atoms with van der Waals surface area (Å²) in [4.78, 5) is 7.36. The molecule has 0 fully saturated rings. The van der Waals surface area contributed by atoms with Gasteiger partial charge in [0.15, 0.2) is 0 Å². The fourth-order valence-electron chi connectivity index (χ4n) is 1.20. The van der Waals surface area contributed by atoms with Crippen LogP contribution in [-0.2, 0) is 0 Å². The number of hydrogen-bond acceptors (Lipinski definition) is 3. The number of aromatic amines is 1. The number of para-hydroxylation sites is 2. The molecule has 0 aliphatic heterocycles. The van der Waals surface area contributed by atoms with Gasteiger partial charge in [0.2, 0.25) is 0 Å². The van der Waals surface area contributed by atoms with E-state index >= 15 is 0 Å². The monoisotopic (exact) mass is 208 g/mol. The number of imidazole rings is 1. The number of H-pyrrole nitrogens is 1. The molecule has 0 bridgehead atoms. The van der Waals surface area contributed by atoms with E-state index in [0.29, 0.717) is 12.6 Å². The van der Waals surface area contributed by atoms with Crippen LogP contribution in [0.25, 0.3) is 11.0 Å². The number of benzene rings is 1. The Labute approximate surface area is 87.9 Å². The molecule has 1 unspecified atom stereocenters. The molecule has 0 aliphatic rings. The average molecular weight is 208 g/mol. The summed E-state index contributed by atoms with van der Waals surface area (Å²) in [6, 6.07) is 8.40. The molecule has 2 rings (SSSR count). The molecular formula is C10H12N2OS. The first-order valence-electron chi connectivity index (χ1n) is 4.51. The summed E-state index contributed by atoms with van der Waals surface area (Å²) < 4.78 is 5.41. The van der Waals surface area contributed by atoms with Gasteiger partial charge in [-0.15, -0.1) is 0 Å². The zero-order chi connectivity index (χ0) is 9.97. The first-order chi connectivity index (χ1) is 6.75. The van der Waals surface area contributed by atoms with Crippen LogP contribution >= 0.6 is 12.6 Å². The molecule has 1 aromatic heterocycles.